The van der Waals surface area contributed by atoms with Crippen molar-refractivity contribution in [2.24, 2.45) is 0 Å². The summed E-state index contributed by atoms with van der Waals surface area (Å²) in [5.41, 5.74) is 0.861. The van der Waals surface area contributed by atoms with Gasteiger partial charge in [0.25, 0.3) is 0 Å². The van der Waals surface area contributed by atoms with Gasteiger partial charge in [-0.15, -0.1) is 11.8 Å². The van der Waals surface area contributed by atoms with E-state index in [0.29, 0.717) is 0 Å². The molecule has 1 radical (unpaired) electrons. The second-order valence-electron chi connectivity index (χ2n) is 4.90. The van der Waals surface area contributed by atoms with E-state index in [9.17, 15) is 5.11 Å². The Bertz CT molecular complexity index is 336. The summed E-state index contributed by atoms with van der Waals surface area (Å²) in [4.78, 5) is 1.23. The standard InChI is InChI=1S/C16H25OS/c1-3-4-5-6-7-8-9-12-18-15-10-11-16(17)14(2)13-15/h10-11,13H,3-9,12H2,1-2H3. The van der Waals surface area contributed by atoms with Gasteiger partial charge >= 0.3 is 0 Å². The van der Waals surface area contributed by atoms with Gasteiger partial charge < -0.3 is 0 Å². The molecule has 0 amide bonds. The molecule has 1 aromatic rings. The van der Waals surface area contributed by atoms with Crippen molar-refractivity contribution in [3.05, 3.63) is 23.8 Å². The molecule has 0 aliphatic rings. The summed E-state index contributed by atoms with van der Waals surface area (Å²) in [5, 5.41) is 11.3. The van der Waals surface area contributed by atoms with Gasteiger partial charge in [-0.1, -0.05) is 45.4 Å². The number of thioether (sulfide) groups is 1. The van der Waals surface area contributed by atoms with Crippen LogP contribution in [0.2, 0.25) is 0 Å². The molecule has 2 heteroatoms. The van der Waals surface area contributed by atoms with Crippen LogP contribution in [0.3, 0.4) is 0 Å². The smallest absolute Gasteiger partial charge is 0.181 e. The van der Waals surface area contributed by atoms with Crippen LogP contribution in [-0.2, 0) is 5.11 Å². The highest BCUT2D eigenvalue weighted by Gasteiger charge is 2.00. The number of hydrogen-bond acceptors (Lipinski definition) is 1. The number of hydrogen-bond donors (Lipinski definition) is 0. The zero-order valence-electron chi connectivity index (χ0n) is 11.7. The fourth-order valence-corrected chi connectivity index (χ4v) is 2.97. The predicted molar refractivity (Wildman–Crippen MR) is 80.0 cm³/mol. The zero-order chi connectivity index (χ0) is 13.2. The molecule has 0 aromatic heterocycles. The predicted octanol–water partition coefficient (Wildman–Crippen LogP) is 5.98. The Morgan fingerprint density at radius 2 is 1.67 bits per heavy atom. The van der Waals surface area contributed by atoms with Crippen LogP contribution >= 0.6 is 11.8 Å². The molecule has 1 nitrogen and oxygen atoms in total. The van der Waals surface area contributed by atoms with Crippen molar-refractivity contribution in [1.82, 2.24) is 0 Å². The molecule has 0 saturated heterocycles. The molecule has 0 saturated carbocycles. The molecule has 1 aromatic carbocycles. The van der Waals surface area contributed by atoms with Gasteiger partial charge in [-0.25, -0.2) is 0 Å². The number of benzene rings is 1. The van der Waals surface area contributed by atoms with E-state index in [2.05, 4.69) is 6.92 Å². The first-order valence-electron chi connectivity index (χ1n) is 7.14. The van der Waals surface area contributed by atoms with Gasteiger partial charge in [0.2, 0.25) is 0 Å². The molecular weight excluding hydrogens is 240 g/mol. The summed E-state index contributed by atoms with van der Waals surface area (Å²) in [6, 6.07) is 5.64. The lowest BCUT2D eigenvalue weighted by atomic mass is 10.1. The lowest BCUT2D eigenvalue weighted by molar-refractivity contribution is 0.351. The summed E-state index contributed by atoms with van der Waals surface area (Å²) in [7, 11) is 0. The van der Waals surface area contributed by atoms with Gasteiger partial charge in [0, 0.05) is 4.90 Å². The second kappa shape index (κ2) is 9.32. The van der Waals surface area contributed by atoms with E-state index in [1.807, 2.05) is 30.8 Å². The van der Waals surface area contributed by atoms with Crippen LogP contribution in [0.25, 0.3) is 0 Å². The lowest BCUT2D eigenvalue weighted by Crippen LogP contribution is -1.83. The van der Waals surface area contributed by atoms with Gasteiger partial charge in [-0.3, -0.25) is 5.11 Å². The van der Waals surface area contributed by atoms with Gasteiger partial charge in [0.15, 0.2) is 5.75 Å². The van der Waals surface area contributed by atoms with Crippen molar-refractivity contribution >= 4 is 11.8 Å². The second-order valence-corrected chi connectivity index (χ2v) is 6.07. The Hall–Kier alpha value is -0.630. The van der Waals surface area contributed by atoms with Crippen LogP contribution < -0.4 is 0 Å². The van der Waals surface area contributed by atoms with Gasteiger partial charge in [0.1, 0.15) is 0 Å². The van der Waals surface area contributed by atoms with Crippen LogP contribution in [0.5, 0.6) is 5.75 Å². The average Bonchev–Trinajstić information content (AvgIpc) is 2.37. The van der Waals surface area contributed by atoms with Crippen molar-refractivity contribution in [3.63, 3.8) is 0 Å². The Morgan fingerprint density at radius 3 is 2.33 bits per heavy atom. The van der Waals surface area contributed by atoms with Crippen LogP contribution in [0, 0.1) is 6.92 Å². The molecule has 101 valence electrons. The fourth-order valence-electron chi connectivity index (χ4n) is 1.96. The van der Waals surface area contributed by atoms with E-state index < -0.39 is 0 Å². The Balaban J connectivity index is 2.05. The topological polar surface area (TPSA) is 19.9 Å². The first kappa shape index (κ1) is 15.4. The molecule has 0 fully saturated rings. The van der Waals surface area contributed by atoms with Crippen molar-refractivity contribution in [1.29, 1.82) is 0 Å². The highest BCUT2D eigenvalue weighted by Crippen LogP contribution is 2.25. The van der Waals surface area contributed by atoms with E-state index in [-0.39, 0.29) is 5.75 Å². The fraction of sp³-hybridized carbons (Fsp3) is 0.625. The molecule has 0 aliphatic carbocycles. The van der Waals surface area contributed by atoms with Crippen molar-refractivity contribution in [3.8, 4) is 5.75 Å². The largest absolute Gasteiger partial charge is 0.290 e. The van der Waals surface area contributed by atoms with E-state index in [4.69, 9.17) is 0 Å². The summed E-state index contributed by atoms with van der Waals surface area (Å²) >= 11 is 1.87. The third-order valence-corrected chi connectivity index (χ3v) is 4.24. The van der Waals surface area contributed by atoms with Crippen LogP contribution in [-0.4, -0.2) is 5.75 Å². The molecule has 0 atom stereocenters. The van der Waals surface area contributed by atoms with E-state index in [1.54, 1.807) is 6.07 Å². The van der Waals surface area contributed by atoms with Crippen LogP contribution in [0.4, 0.5) is 0 Å². The maximum atomic E-state index is 11.3. The van der Waals surface area contributed by atoms with Crippen LogP contribution in [0.1, 0.15) is 57.4 Å². The van der Waals surface area contributed by atoms with E-state index in [0.717, 1.165) is 5.56 Å². The molecule has 1 rings (SSSR count). The summed E-state index contributed by atoms with van der Waals surface area (Å²) in [6.07, 6.45) is 9.50. The third-order valence-electron chi connectivity index (χ3n) is 3.16. The number of aryl methyl sites for hydroxylation is 1. The average molecular weight is 265 g/mol. The molecule has 0 aliphatic heterocycles. The molecular formula is C16H25OS. The summed E-state index contributed by atoms with van der Waals surface area (Å²) < 4.78 is 0. The van der Waals surface area contributed by atoms with Crippen molar-refractivity contribution in [2.45, 2.75) is 63.7 Å². The Kier molecular flexibility index (Phi) is 7.99. The summed E-state index contributed by atoms with van der Waals surface area (Å²) in [5.74, 6) is 1.32. The van der Waals surface area contributed by atoms with E-state index in [1.165, 1.54) is 55.6 Å². The maximum Gasteiger partial charge on any atom is 0.181 e. The van der Waals surface area contributed by atoms with Gasteiger partial charge in [-0.2, -0.15) is 0 Å². The minimum atomic E-state index is 0.148. The quantitative estimate of drug-likeness (QED) is 0.397. The van der Waals surface area contributed by atoms with Gasteiger partial charge in [0.05, 0.1) is 0 Å². The number of rotatable bonds is 9. The lowest BCUT2D eigenvalue weighted by Gasteiger charge is -2.03. The third kappa shape index (κ3) is 6.34. The summed E-state index contributed by atoms with van der Waals surface area (Å²) in [6.45, 7) is 4.14. The molecule has 0 unspecified atom stereocenters. The minimum Gasteiger partial charge on any atom is -0.290 e. The SMILES string of the molecule is CCCCCCCCCSc1ccc([O])c(C)c1. The molecule has 0 heterocycles. The molecule has 0 N–H and O–H groups in total. The van der Waals surface area contributed by atoms with Crippen molar-refractivity contribution < 1.29 is 5.11 Å². The van der Waals surface area contributed by atoms with E-state index >= 15 is 0 Å². The molecule has 0 bridgehead atoms. The first-order chi connectivity index (χ1) is 8.74. The highest BCUT2D eigenvalue weighted by atomic mass is 32.2. The van der Waals surface area contributed by atoms with Crippen molar-refractivity contribution in [2.75, 3.05) is 5.75 Å². The monoisotopic (exact) mass is 265 g/mol. The molecule has 18 heavy (non-hydrogen) atoms. The minimum absolute atomic E-state index is 0.148. The zero-order valence-corrected chi connectivity index (χ0v) is 12.5. The Labute approximate surface area is 116 Å². The highest BCUT2D eigenvalue weighted by molar-refractivity contribution is 7.99. The maximum absolute atomic E-state index is 11.3. The number of unbranched alkanes of at least 4 members (excludes halogenated alkanes) is 6. The first-order valence-corrected chi connectivity index (χ1v) is 8.13. The van der Waals surface area contributed by atoms with Crippen LogP contribution in [0.15, 0.2) is 23.1 Å². The van der Waals surface area contributed by atoms with Gasteiger partial charge in [-0.05, 0) is 42.9 Å². The Morgan fingerprint density at radius 1 is 1.00 bits per heavy atom. The molecule has 0 spiro atoms. The normalized spacial score (nSPS) is 10.8.